The SMILES string of the molecule is NCCCCCOCOCc1ccccc1. The lowest BCUT2D eigenvalue weighted by molar-refractivity contribution is -0.0622. The summed E-state index contributed by atoms with van der Waals surface area (Å²) in [7, 11) is 0. The van der Waals surface area contributed by atoms with Gasteiger partial charge in [-0.15, -0.1) is 0 Å². The molecule has 3 nitrogen and oxygen atoms in total. The fourth-order valence-electron chi connectivity index (χ4n) is 1.38. The van der Waals surface area contributed by atoms with Crippen LogP contribution in [0.5, 0.6) is 0 Å². The number of ether oxygens (including phenoxy) is 2. The van der Waals surface area contributed by atoms with Crippen LogP contribution in [0.15, 0.2) is 30.3 Å². The topological polar surface area (TPSA) is 44.5 Å². The Hall–Kier alpha value is -0.900. The number of hydrogen-bond donors (Lipinski definition) is 1. The first-order chi connectivity index (χ1) is 7.93. The molecular formula is C13H21NO2. The van der Waals surface area contributed by atoms with Gasteiger partial charge in [-0.05, 0) is 31.4 Å². The van der Waals surface area contributed by atoms with Crippen LogP contribution in [0.25, 0.3) is 0 Å². The third-order valence-corrected chi connectivity index (χ3v) is 2.27. The molecule has 0 saturated heterocycles. The van der Waals surface area contributed by atoms with Crippen LogP contribution in [-0.4, -0.2) is 19.9 Å². The Morgan fingerprint density at radius 1 is 0.938 bits per heavy atom. The Morgan fingerprint density at radius 3 is 2.50 bits per heavy atom. The van der Waals surface area contributed by atoms with E-state index in [9.17, 15) is 0 Å². The molecule has 0 aliphatic carbocycles. The molecule has 90 valence electrons. The summed E-state index contributed by atoms with van der Waals surface area (Å²) in [5.41, 5.74) is 6.57. The molecule has 3 heteroatoms. The second-order valence-corrected chi connectivity index (χ2v) is 3.71. The fraction of sp³-hybridized carbons (Fsp3) is 0.538. The number of hydrogen-bond acceptors (Lipinski definition) is 3. The molecule has 0 heterocycles. The van der Waals surface area contributed by atoms with Gasteiger partial charge in [-0.3, -0.25) is 0 Å². The van der Waals surface area contributed by atoms with E-state index >= 15 is 0 Å². The Bertz CT molecular complexity index is 251. The number of rotatable bonds is 9. The highest BCUT2D eigenvalue weighted by atomic mass is 16.7. The summed E-state index contributed by atoms with van der Waals surface area (Å²) in [5.74, 6) is 0. The molecule has 0 aromatic heterocycles. The molecule has 0 atom stereocenters. The van der Waals surface area contributed by atoms with Gasteiger partial charge in [-0.2, -0.15) is 0 Å². The minimum atomic E-state index is 0.373. The third kappa shape index (κ3) is 6.56. The van der Waals surface area contributed by atoms with E-state index in [4.69, 9.17) is 15.2 Å². The lowest BCUT2D eigenvalue weighted by Crippen LogP contribution is -2.03. The Balaban J connectivity index is 1.89. The first kappa shape index (κ1) is 13.2. The number of nitrogens with two attached hydrogens (primary N) is 1. The van der Waals surface area contributed by atoms with Crippen molar-refractivity contribution in [1.82, 2.24) is 0 Å². The summed E-state index contributed by atoms with van der Waals surface area (Å²) < 4.78 is 10.7. The van der Waals surface area contributed by atoms with Crippen molar-refractivity contribution in [2.24, 2.45) is 5.73 Å². The molecule has 0 aliphatic heterocycles. The molecule has 16 heavy (non-hydrogen) atoms. The van der Waals surface area contributed by atoms with Crippen molar-refractivity contribution in [2.75, 3.05) is 19.9 Å². The van der Waals surface area contributed by atoms with Crippen LogP contribution in [-0.2, 0) is 16.1 Å². The Kier molecular flexibility index (Phi) is 7.68. The van der Waals surface area contributed by atoms with Crippen LogP contribution in [0.3, 0.4) is 0 Å². The first-order valence-corrected chi connectivity index (χ1v) is 5.83. The monoisotopic (exact) mass is 223 g/mol. The predicted molar refractivity (Wildman–Crippen MR) is 65.0 cm³/mol. The summed E-state index contributed by atoms with van der Waals surface area (Å²) in [6.07, 6.45) is 3.27. The normalized spacial score (nSPS) is 10.6. The molecule has 1 aromatic rings. The smallest absolute Gasteiger partial charge is 0.147 e. The summed E-state index contributed by atoms with van der Waals surface area (Å²) in [5, 5.41) is 0. The molecule has 0 spiro atoms. The number of benzene rings is 1. The summed E-state index contributed by atoms with van der Waals surface area (Å²) in [6.45, 7) is 2.51. The van der Waals surface area contributed by atoms with Gasteiger partial charge in [-0.25, -0.2) is 0 Å². The molecule has 0 unspecified atom stereocenters. The molecule has 0 bridgehead atoms. The third-order valence-electron chi connectivity index (χ3n) is 2.27. The van der Waals surface area contributed by atoms with E-state index in [-0.39, 0.29) is 0 Å². The zero-order valence-electron chi connectivity index (χ0n) is 9.73. The van der Waals surface area contributed by atoms with Crippen LogP contribution < -0.4 is 5.73 Å². The van der Waals surface area contributed by atoms with Gasteiger partial charge in [0.15, 0.2) is 0 Å². The zero-order valence-corrected chi connectivity index (χ0v) is 9.73. The van der Waals surface area contributed by atoms with E-state index in [1.54, 1.807) is 0 Å². The van der Waals surface area contributed by atoms with Gasteiger partial charge in [-0.1, -0.05) is 30.3 Å². The molecule has 2 N–H and O–H groups in total. The van der Waals surface area contributed by atoms with Crippen molar-refractivity contribution in [1.29, 1.82) is 0 Å². The maximum Gasteiger partial charge on any atom is 0.147 e. The van der Waals surface area contributed by atoms with Crippen LogP contribution in [0.4, 0.5) is 0 Å². The minimum Gasteiger partial charge on any atom is -0.355 e. The summed E-state index contributed by atoms with van der Waals surface area (Å²) in [6, 6.07) is 10.1. The first-order valence-electron chi connectivity index (χ1n) is 5.83. The molecule has 0 aliphatic rings. The molecule has 1 rings (SSSR count). The molecular weight excluding hydrogens is 202 g/mol. The molecule has 0 amide bonds. The van der Waals surface area contributed by atoms with Gasteiger partial charge < -0.3 is 15.2 Å². The van der Waals surface area contributed by atoms with Gasteiger partial charge in [0.2, 0.25) is 0 Å². The number of unbranched alkanes of at least 4 members (excludes halogenated alkanes) is 2. The molecule has 0 radical (unpaired) electrons. The van der Waals surface area contributed by atoms with E-state index in [2.05, 4.69) is 0 Å². The van der Waals surface area contributed by atoms with Crippen molar-refractivity contribution in [3.8, 4) is 0 Å². The largest absolute Gasteiger partial charge is 0.355 e. The van der Waals surface area contributed by atoms with Crippen molar-refractivity contribution in [3.05, 3.63) is 35.9 Å². The van der Waals surface area contributed by atoms with Gasteiger partial charge in [0.1, 0.15) is 6.79 Å². The van der Waals surface area contributed by atoms with Crippen LogP contribution in [0.2, 0.25) is 0 Å². The lowest BCUT2D eigenvalue weighted by atomic mass is 10.2. The highest BCUT2D eigenvalue weighted by Crippen LogP contribution is 2.00. The second-order valence-electron chi connectivity index (χ2n) is 3.71. The maximum absolute atomic E-state index is 5.39. The second kappa shape index (κ2) is 9.33. The average molecular weight is 223 g/mol. The van der Waals surface area contributed by atoms with Crippen molar-refractivity contribution in [2.45, 2.75) is 25.9 Å². The minimum absolute atomic E-state index is 0.373. The van der Waals surface area contributed by atoms with Crippen LogP contribution in [0, 0.1) is 0 Å². The van der Waals surface area contributed by atoms with E-state index in [0.717, 1.165) is 32.4 Å². The highest BCUT2D eigenvalue weighted by molar-refractivity contribution is 5.13. The summed E-state index contributed by atoms with van der Waals surface area (Å²) in [4.78, 5) is 0. The fourth-order valence-corrected chi connectivity index (χ4v) is 1.38. The quantitative estimate of drug-likeness (QED) is 0.516. The van der Waals surface area contributed by atoms with Crippen molar-refractivity contribution < 1.29 is 9.47 Å². The molecule has 1 aromatic carbocycles. The van der Waals surface area contributed by atoms with Gasteiger partial charge >= 0.3 is 0 Å². The van der Waals surface area contributed by atoms with E-state index in [0.29, 0.717) is 13.4 Å². The van der Waals surface area contributed by atoms with Crippen molar-refractivity contribution >= 4 is 0 Å². The van der Waals surface area contributed by atoms with Gasteiger partial charge in [0, 0.05) is 6.61 Å². The maximum atomic E-state index is 5.39. The van der Waals surface area contributed by atoms with E-state index in [1.807, 2.05) is 30.3 Å². The van der Waals surface area contributed by atoms with Crippen LogP contribution in [0.1, 0.15) is 24.8 Å². The molecule has 0 saturated carbocycles. The zero-order chi connectivity index (χ0) is 11.5. The van der Waals surface area contributed by atoms with E-state index in [1.165, 1.54) is 5.56 Å². The predicted octanol–water partition coefficient (Wildman–Crippen LogP) is 2.31. The van der Waals surface area contributed by atoms with Gasteiger partial charge in [0.05, 0.1) is 6.61 Å². The molecule has 0 fully saturated rings. The van der Waals surface area contributed by atoms with Crippen molar-refractivity contribution in [3.63, 3.8) is 0 Å². The van der Waals surface area contributed by atoms with E-state index < -0.39 is 0 Å². The van der Waals surface area contributed by atoms with Crippen LogP contribution >= 0.6 is 0 Å². The Morgan fingerprint density at radius 2 is 1.75 bits per heavy atom. The van der Waals surface area contributed by atoms with Gasteiger partial charge in [0.25, 0.3) is 0 Å². The highest BCUT2D eigenvalue weighted by Gasteiger charge is 1.92. The Labute approximate surface area is 97.6 Å². The standard InChI is InChI=1S/C13H21NO2/c14-9-5-2-6-10-15-12-16-11-13-7-3-1-4-8-13/h1,3-4,7-8H,2,5-6,9-12,14H2. The lowest BCUT2D eigenvalue weighted by Gasteiger charge is -2.05. The summed E-state index contributed by atoms with van der Waals surface area (Å²) >= 11 is 0. The average Bonchev–Trinajstić information content (AvgIpc) is 2.34.